The van der Waals surface area contributed by atoms with Gasteiger partial charge in [-0.15, -0.1) is 0 Å². The molecule has 1 aromatic heterocycles. The van der Waals surface area contributed by atoms with Crippen LogP contribution in [0.2, 0.25) is 0 Å². The Balaban J connectivity index is 1.65. The normalized spacial score (nSPS) is 16.5. The van der Waals surface area contributed by atoms with Crippen molar-refractivity contribution in [2.24, 2.45) is 10.1 Å². The lowest BCUT2D eigenvalue weighted by atomic mass is 10.1. The van der Waals surface area contributed by atoms with E-state index in [1.807, 2.05) is 38.1 Å². The minimum absolute atomic E-state index is 0.0554. The molecule has 0 atom stereocenters. The number of rotatable bonds is 9. The van der Waals surface area contributed by atoms with E-state index >= 15 is 0 Å². The minimum Gasteiger partial charge on any atom is -0.497 e. The van der Waals surface area contributed by atoms with Gasteiger partial charge in [0.1, 0.15) is 16.5 Å². The van der Waals surface area contributed by atoms with Crippen molar-refractivity contribution in [2.75, 3.05) is 14.2 Å². The Kier molecular flexibility index (Phi) is 7.45. The molecule has 184 valence electrons. The molecule has 9 heteroatoms. The van der Waals surface area contributed by atoms with Crippen LogP contribution in [0.5, 0.6) is 11.5 Å². The Morgan fingerprint density at radius 1 is 1.11 bits per heavy atom. The van der Waals surface area contributed by atoms with Crippen molar-refractivity contribution in [1.29, 1.82) is 5.41 Å². The van der Waals surface area contributed by atoms with Gasteiger partial charge >= 0.3 is 0 Å². The number of amides is 1. The van der Waals surface area contributed by atoms with Crippen LogP contribution in [0.3, 0.4) is 0 Å². The van der Waals surface area contributed by atoms with E-state index in [-0.39, 0.29) is 11.4 Å². The number of thioether (sulfide) groups is 1. The molecule has 0 unspecified atom stereocenters. The number of carbonyl (C=O) groups is 1. The van der Waals surface area contributed by atoms with Crippen LogP contribution in [0.25, 0.3) is 11.8 Å². The molecular formula is C26H31N5O3S. The predicted octanol–water partition coefficient (Wildman–Crippen LogP) is 5.70. The second-order valence-electron chi connectivity index (χ2n) is 8.52. The molecule has 0 fully saturated rings. The third kappa shape index (κ3) is 4.91. The number of ether oxygens (including phenoxy) is 2. The average Bonchev–Trinajstić information content (AvgIpc) is 3.38. The van der Waals surface area contributed by atoms with Gasteiger partial charge in [-0.2, -0.15) is 15.1 Å². The van der Waals surface area contributed by atoms with Crippen LogP contribution in [-0.2, 0) is 4.79 Å². The molecule has 0 bridgehead atoms. The molecule has 1 amide bonds. The molecule has 0 saturated carbocycles. The maximum atomic E-state index is 12.9. The molecule has 8 nitrogen and oxygen atoms in total. The Morgan fingerprint density at radius 2 is 1.91 bits per heavy atom. The van der Waals surface area contributed by atoms with E-state index in [1.54, 1.807) is 20.3 Å². The Bertz CT molecular complexity index is 1260. The van der Waals surface area contributed by atoms with E-state index < -0.39 is 5.91 Å². The first-order valence-corrected chi connectivity index (χ1v) is 12.6. The summed E-state index contributed by atoms with van der Waals surface area (Å²) in [6.45, 7) is 6.15. The highest BCUT2D eigenvalue weighted by Crippen LogP contribution is 2.34. The van der Waals surface area contributed by atoms with Crippen LogP contribution >= 0.6 is 11.8 Å². The molecule has 1 aromatic carbocycles. The number of fused-ring (bicyclic) bond motifs is 1. The quantitative estimate of drug-likeness (QED) is 0.357. The van der Waals surface area contributed by atoms with Gasteiger partial charge < -0.3 is 14.0 Å². The monoisotopic (exact) mass is 493 g/mol. The first-order chi connectivity index (χ1) is 16.9. The predicted molar refractivity (Wildman–Crippen MR) is 142 cm³/mol. The van der Waals surface area contributed by atoms with Crippen molar-refractivity contribution in [3.05, 3.63) is 46.8 Å². The van der Waals surface area contributed by atoms with Crippen LogP contribution in [-0.4, -0.2) is 45.7 Å². The van der Waals surface area contributed by atoms with Crippen LogP contribution < -0.4 is 9.47 Å². The molecular weight excluding hydrogens is 462 g/mol. The maximum absolute atomic E-state index is 12.9. The Morgan fingerprint density at radius 3 is 2.63 bits per heavy atom. The number of hydrogen-bond donors (Lipinski definition) is 1. The van der Waals surface area contributed by atoms with Crippen LogP contribution in [0.1, 0.15) is 56.0 Å². The highest BCUT2D eigenvalue weighted by molar-refractivity contribution is 8.26. The summed E-state index contributed by atoms with van der Waals surface area (Å²) in [6, 6.07) is 7.62. The lowest BCUT2D eigenvalue weighted by molar-refractivity contribution is -0.114. The molecule has 2 aliphatic rings. The largest absolute Gasteiger partial charge is 0.497 e. The molecule has 0 saturated heterocycles. The van der Waals surface area contributed by atoms with Gasteiger partial charge in [0, 0.05) is 17.5 Å². The van der Waals surface area contributed by atoms with E-state index in [4.69, 9.17) is 14.9 Å². The molecule has 0 radical (unpaired) electrons. The first-order valence-electron chi connectivity index (χ1n) is 11.8. The minimum atomic E-state index is -0.417. The number of hydrogen-bond acceptors (Lipinski definition) is 6. The van der Waals surface area contributed by atoms with Crippen LogP contribution in [0.15, 0.2) is 39.9 Å². The van der Waals surface area contributed by atoms with Gasteiger partial charge in [0.25, 0.3) is 5.91 Å². The van der Waals surface area contributed by atoms with Crippen molar-refractivity contribution >= 4 is 39.8 Å². The SMILES string of the molecule is CCCCCCC1=NN2C(=N)C(=Cc3cc(C)n(-c4cc(OC)ccc4OC)c3C)C(=O)N=C2S1. The smallest absolute Gasteiger partial charge is 0.283 e. The highest BCUT2D eigenvalue weighted by Gasteiger charge is 2.35. The van der Waals surface area contributed by atoms with Gasteiger partial charge in [-0.3, -0.25) is 10.2 Å². The van der Waals surface area contributed by atoms with Crippen molar-refractivity contribution < 1.29 is 14.3 Å². The summed E-state index contributed by atoms with van der Waals surface area (Å²) in [5.74, 6) is 1.06. The number of amidine groups is 2. The fraction of sp³-hybridized carbons (Fsp3) is 0.385. The Labute approximate surface area is 210 Å². The van der Waals surface area contributed by atoms with E-state index in [0.717, 1.165) is 46.9 Å². The van der Waals surface area contributed by atoms with Crippen LogP contribution in [0, 0.1) is 19.3 Å². The summed E-state index contributed by atoms with van der Waals surface area (Å²) in [5.41, 5.74) is 3.76. The van der Waals surface area contributed by atoms with E-state index in [1.165, 1.54) is 29.6 Å². The number of carbonyl (C=O) groups excluding carboxylic acids is 1. The molecule has 35 heavy (non-hydrogen) atoms. The van der Waals surface area contributed by atoms with Crippen LogP contribution in [0.4, 0.5) is 0 Å². The molecule has 3 heterocycles. The molecule has 0 aliphatic carbocycles. The number of methoxy groups -OCH3 is 2. The zero-order chi connectivity index (χ0) is 25.1. The molecule has 2 aliphatic heterocycles. The summed E-state index contributed by atoms with van der Waals surface area (Å²) in [6.07, 6.45) is 7.14. The van der Waals surface area contributed by atoms with Crippen molar-refractivity contribution in [1.82, 2.24) is 9.58 Å². The maximum Gasteiger partial charge on any atom is 0.283 e. The highest BCUT2D eigenvalue weighted by atomic mass is 32.2. The average molecular weight is 494 g/mol. The Hall–Kier alpha value is -3.33. The first kappa shape index (κ1) is 24.8. The number of unbranched alkanes of at least 4 members (excludes halogenated alkanes) is 3. The van der Waals surface area contributed by atoms with Gasteiger partial charge in [-0.05, 0) is 68.3 Å². The standard InChI is InChI=1S/C26H31N5O3S/c1-6-7-8-9-10-23-29-31-24(27)20(25(32)28-26(31)35-23)14-18-13-16(2)30(17(18)3)21-15-19(33-4)11-12-22(21)34-5/h11-15,27H,6-10H2,1-5H3. The van der Waals surface area contributed by atoms with Crippen molar-refractivity contribution in [2.45, 2.75) is 52.9 Å². The molecule has 2 aromatic rings. The van der Waals surface area contributed by atoms with Gasteiger partial charge in [0.2, 0.25) is 5.17 Å². The summed E-state index contributed by atoms with van der Waals surface area (Å²) in [5, 5.41) is 16.1. The second-order valence-corrected chi connectivity index (χ2v) is 9.56. The number of hydrazone groups is 1. The number of aliphatic imine (C=N–C) groups is 1. The zero-order valence-electron chi connectivity index (χ0n) is 20.8. The summed E-state index contributed by atoms with van der Waals surface area (Å²) >= 11 is 1.39. The van der Waals surface area contributed by atoms with E-state index in [9.17, 15) is 4.79 Å². The van der Waals surface area contributed by atoms with Gasteiger partial charge in [0.15, 0.2) is 5.84 Å². The van der Waals surface area contributed by atoms with Gasteiger partial charge in [-0.25, -0.2) is 0 Å². The number of nitrogens with zero attached hydrogens (tertiary/aromatic N) is 4. The summed E-state index contributed by atoms with van der Waals surface area (Å²) < 4.78 is 13.0. The van der Waals surface area contributed by atoms with Gasteiger partial charge in [-0.1, -0.05) is 26.2 Å². The fourth-order valence-electron chi connectivity index (χ4n) is 4.27. The van der Waals surface area contributed by atoms with Gasteiger partial charge in [0.05, 0.1) is 25.5 Å². The molecule has 0 spiro atoms. The lowest BCUT2D eigenvalue weighted by Gasteiger charge is -2.20. The molecule has 4 rings (SSSR count). The number of aromatic nitrogens is 1. The number of benzene rings is 1. The zero-order valence-corrected chi connectivity index (χ0v) is 21.7. The third-order valence-electron chi connectivity index (χ3n) is 6.14. The topological polar surface area (TPSA) is 92.3 Å². The summed E-state index contributed by atoms with van der Waals surface area (Å²) in [7, 11) is 3.26. The fourth-order valence-corrected chi connectivity index (χ4v) is 5.19. The van der Waals surface area contributed by atoms with E-state index in [0.29, 0.717) is 16.7 Å². The number of aryl methyl sites for hydroxylation is 1. The lowest BCUT2D eigenvalue weighted by Crippen LogP contribution is -2.35. The summed E-state index contributed by atoms with van der Waals surface area (Å²) in [4.78, 5) is 17.1. The van der Waals surface area contributed by atoms with E-state index in [2.05, 4.69) is 21.6 Å². The van der Waals surface area contributed by atoms with Crippen molar-refractivity contribution in [3.8, 4) is 17.2 Å². The molecule has 1 N–H and O–H groups in total. The van der Waals surface area contributed by atoms with Crippen molar-refractivity contribution in [3.63, 3.8) is 0 Å². The second kappa shape index (κ2) is 10.5. The third-order valence-corrected chi connectivity index (χ3v) is 7.11. The number of nitrogens with one attached hydrogen (secondary N) is 1.